The van der Waals surface area contributed by atoms with E-state index >= 15 is 0 Å². The summed E-state index contributed by atoms with van der Waals surface area (Å²) in [4.78, 5) is 42.3. The van der Waals surface area contributed by atoms with E-state index < -0.39 is 30.1 Å². The van der Waals surface area contributed by atoms with Crippen molar-refractivity contribution in [1.82, 2.24) is 4.57 Å². The number of allylic oxidation sites excluding steroid dienone is 1. The van der Waals surface area contributed by atoms with E-state index in [4.69, 9.17) is 49.4 Å². The maximum Gasteiger partial charge on any atom is 0.341 e. The number of halogens is 3. The van der Waals surface area contributed by atoms with Crippen LogP contribution < -0.4 is 19.6 Å². The first-order valence-corrected chi connectivity index (χ1v) is 12.8. The summed E-state index contributed by atoms with van der Waals surface area (Å²) in [6, 6.07) is 9.12. The summed E-state index contributed by atoms with van der Waals surface area (Å²) in [6.07, 6.45) is 1.58. The molecule has 0 saturated carbocycles. The minimum atomic E-state index is -1.18. The Morgan fingerprint density at radius 1 is 1.16 bits per heavy atom. The van der Waals surface area contributed by atoms with E-state index in [1.54, 1.807) is 44.2 Å². The molecule has 12 heteroatoms. The molecule has 2 heterocycles. The molecule has 8 nitrogen and oxygen atoms in total. The second-order valence-corrected chi connectivity index (χ2v) is 10.1. The highest BCUT2D eigenvalue weighted by Gasteiger charge is 2.34. The molecule has 3 aromatic rings. The molecule has 0 spiro atoms. The molecular weight excluding hydrogens is 563 g/mol. The lowest BCUT2D eigenvalue weighted by atomic mass is 9.96. The van der Waals surface area contributed by atoms with Gasteiger partial charge in [0.1, 0.15) is 6.04 Å². The fourth-order valence-electron chi connectivity index (χ4n) is 3.87. The number of aliphatic carboxylic acids is 1. The summed E-state index contributed by atoms with van der Waals surface area (Å²) in [5.41, 5.74) is 1.28. The van der Waals surface area contributed by atoms with Crippen molar-refractivity contribution in [1.29, 1.82) is 0 Å². The quantitative estimate of drug-likeness (QED) is 0.419. The number of carbonyl (C=O) groups is 2. The fourth-order valence-corrected chi connectivity index (χ4v) is 5.77. The van der Waals surface area contributed by atoms with Crippen molar-refractivity contribution in [2.75, 3.05) is 13.2 Å². The van der Waals surface area contributed by atoms with Crippen molar-refractivity contribution in [3.63, 3.8) is 0 Å². The van der Waals surface area contributed by atoms with Crippen LogP contribution in [0.1, 0.15) is 31.0 Å². The van der Waals surface area contributed by atoms with E-state index in [0.717, 1.165) is 11.3 Å². The van der Waals surface area contributed by atoms with E-state index in [2.05, 4.69) is 4.99 Å². The van der Waals surface area contributed by atoms with Crippen LogP contribution in [-0.2, 0) is 14.3 Å². The Bertz CT molecular complexity index is 1600. The van der Waals surface area contributed by atoms with Crippen molar-refractivity contribution < 1.29 is 24.2 Å². The van der Waals surface area contributed by atoms with Crippen LogP contribution in [0, 0.1) is 0 Å². The number of benzene rings is 2. The van der Waals surface area contributed by atoms with Crippen LogP contribution in [-0.4, -0.2) is 34.8 Å². The fraction of sp³-hybridized carbons (Fsp3) is 0.200. The highest BCUT2D eigenvalue weighted by molar-refractivity contribution is 7.07. The molecule has 1 N–H and O–H groups in total. The Balaban J connectivity index is 1.88. The predicted octanol–water partition coefficient (Wildman–Crippen LogP) is 4.22. The normalized spacial score (nSPS) is 15.3. The third-order valence-corrected chi connectivity index (χ3v) is 7.26. The van der Waals surface area contributed by atoms with Gasteiger partial charge >= 0.3 is 11.9 Å². The summed E-state index contributed by atoms with van der Waals surface area (Å²) in [6.45, 7) is 2.93. The molecule has 0 amide bonds. The molecule has 0 unspecified atom stereocenters. The lowest BCUT2D eigenvalue weighted by Gasteiger charge is -2.25. The number of carboxylic acids is 1. The number of carbonyl (C=O) groups excluding carboxylic acids is 1. The van der Waals surface area contributed by atoms with Crippen molar-refractivity contribution in [2.45, 2.75) is 19.9 Å². The number of aromatic nitrogens is 1. The maximum absolute atomic E-state index is 13.7. The second kappa shape index (κ2) is 11.1. The number of thiazole rings is 1. The molecule has 0 radical (unpaired) electrons. The Kier molecular flexibility index (Phi) is 8.08. The van der Waals surface area contributed by atoms with Gasteiger partial charge in [0.05, 0.1) is 32.5 Å². The van der Waals surface area contributed by atoms with Crippen molar-refractivity contribution >= 4 is 64.2 Å². The molecule has 1 atom stereocenters. The van der Waals surface area contributed by atoms with Gasteiger partial charge in [0.25, 0.3) is 5.56 Å². The summed E-state index contributed by atoms with van der Waals surface area (Å²) >= 11 is 20.1. The van der Waals surface area contributed by atoms with Crippen LogP contribution in [0.5, 0.6) is 5.75 Å². The van der Waals surface area contributed by atoms with Gasteiger partial charge in [-0.1, -0.05) is 64.3 Å². The highest BCUT2D eigenvalue weighted by atomic mass is 35.5. The third kappa shape index (κ3) is 5.45. The Morgan fingerprint density at radius 2 is 1.84 bits per heavy atom. The van der Waals surface area contributed by atoms with E-state index in [9.17, 15) is 14.4 Å². The number of nitrogens with zero attached hydrogens (tertiary/aromatic N) is 2. The number of esters is 1. The molecule has 0 saturated heterocycles. The topological polar surface area (TPSA) is 107 Å². The average Bonchev–Trinajstić information content (AvgIpc) is 3.12. The number of fused-ring (bicyclic) bond motifs is 1. The molecule has 4 rings (SSSR count). The average molecular weight is 582 g/mol. The molecule has 37 heavy (non-hydrogen) atoms. The van der Waals surface area contributed by atoms with Crippen LogP contribution in [0.15, 0.2) is 57.5 Å². The number of ether oxygens (including phenoxy) is 2. The van der Waals surface area contributed by atoms with Gasteiger partial charge in [-0.15, -0.1) is 0 Å². The van der Waals surface area contributed by atoms with Gasteiger partial charge in [-0.05, 0) is 49.2 Å². The maximum atomic E-state index is 13.7. The molecular formula is C25H19Cl3N2O6S. The zero-order valence-corrected chi connectivity index (χ0v) is 22.5. The van der Waals surface area contributed by atoms with Gasteiger partial charge in [-0.2, -0.15) is 0 Å². The molecule has 2 aromatic carbocycles. The SMILES string of the molecule is CCOC(=O)C1=C(C)N=c2sc(=Cc3cc(Cl)c(OCC(=O)O)c(Cl)c3)c(=O)n2[C@@H]1c1ccccc1Cl. The smallest absolute Gasteiger partial charge is 0.341 e. The van der Waals surface area contributed by atoms with Crippen LogP contribution >= 0.6 is 46.1 Å². The Morgan fingerprint density at radius 3 is 2.46 bits per heavy atom. The summed E-state index contributed by atoms with van der Waals surface area (Å²) < 4.78 is 12.1. The predicted molar refractivity (Wildman–Crippen MR) is 141 cm³/mol. The third-order valence-electron chi connectivity index (χ3n) is 5.38. The first-order valence-electron chi connectivity index (χ1n) is 10.9. The first kappa shape index (κ1) is 26.9. The summed E-state index contributed by atoms with van der Waals surface area (Å²) in [7, 11) is 0. The number of carboxylic acid groups (broad SMARTS) is 1. The standard InChI is InChI=1S/C25H19Cl3N2O6S/c1-3-35-24(34)20-12(2)29-25-30(21(20)14-6-4-5-7-15(14)26)23(33)18(37-25)10-13-8-16(27)22(17(28)9-13)36-11-19(31)32/h4-10,21H,3,11H2,1-2H3,(H,31,32)/t21-/m1/s1. The molecule has 0 aliphatic carbocycles. The highest BCUT2D eigenvalue weighted by Crippen LogP contribution is 2.35. The van der Waals surface area contributed by atoms with Crippen molar-refractivity contribution in [3.8, 4) is 5.75 Å². The first-order chi connectivity index (χ1) is 17.6. The van der Waals surface area contributed by atoms with Crippen LogP contribution in [0.2, 0.25) is 15.1 Å². The minimum Gasteiger partial charge on any atom is -0.479 e. The molecule has 1 aliphatic rings. The van der Waals surface area contributed by atoms with E-state index in [1.807, 2.05) is 0 Å². The van der Waals surface area contributed by atoms with Gasteiger partial charge in [-0.3, -0.25) is 9.36 Å². The van der Waals surface area contributed by atoms with Gasteiger partial charge < -0.3 is 14.6 Å². The largest absolute Gasteiger partial charge is 0.479 e. The zero-order valence-electron chi connectivity index (χ0n) is 19.5. The van der Waals surface area contributed by atoms with Crippen molar-refractivity contribution in [2.24, 2.45) is 4.99 Å². The molecule has 1 aliphatic heterocycles. The number of rotatable bonds is 7. The van der Waals surface area contributed by atoms with Crippen molar-refractivity contribution in [3.05, 3.63) is 93.6 Å². The van der Waals surface area contributed by atoms with Crippen LogP contribution in [0.4, 0.5) is 0 Å². The summed E-state index contributed by atoms with van der Waals surface area (Å²) in [5, 5.41) is 9.39. The van der Waals surface area contributed by atoms with E-state index in [0.29, 0.717) is 31.2 Å². The monoisotopic (exact) mass is 580 g/mol. The zero-order chi connectivity index (χ0) is 26.9. The molecule has 0 bridgehead atoms. The lowest BCUT2D eigenvalue weighted by Crippen LogP contribution is -2.40. The van der Waals surface area contributed by atoms with E-state index in [1.165, 1.54) is 16.7 Å². The second-order valence-electron chi connectivity index (χ2n) is 7.82. The van der Waals surface area contributed by atoms with Gasteiger partial charge in [-0.25, -0.2) is 14.6 Å². The van der Waals surface area contributed by atoms with Crippen LogP contribution in [0.3, 0.4) is 0 Å². The molecule has 192 valence electrons. The van der Waals surface area contributed by atoms with Gasteiger partial charge in [0, 0.05) is 5.02 Å². The van der Waals surface area contributed by atoms with E-state index in [-0.39, 0.29) is 28.0 Å². The Hall–Kier alpha value is -3.11. The lowest BCUT2D eigenvalue weighted by molar-refractivity contribution is -0.140. The summed E-state index contributed by atoms with van der Waals surface area (Å²) in [5.74, 6) is -1.74. The van der Waals surface area contributed by atoms with Gasteiger partial charge in [0.15, 0.2) is 17.2 Å². The molecule has 0 fully saturated rings. The minimum absolute atomic E-state index is 0.0257. The van der Waals surface area contributed by atoms with Gasteiger partial charge in [0.2, 0.25) is 0 Å². The number of hydrogen-bond donors (Lipinski definition) is 1. The Labute approximate surface area is 229 Å². The van der Waals surface area contributed by atoms with Crippen LogP contribution in [0.25, 0.3) is 6.08 Å². The molecule has 1 aromatic heterocycles. The number of hydrogen-bond acceptors (Lipinski definition) is 7.